The van der Waals surface area contributed by atoms with E-state index in [1.807, 2.05) is 0 Å². The van der Waals surface area contributed by atoms with Gasteiger partial charge in [0.15, 0.2) is 0 Å². The van der Waals surface area contributed by atoms with Crippen LogP contribution in [-0.2, 0) is 16.1 Å². The number of ether oxygens (including phenoxy) is 2. The van der Waals surface area contributed by atoms with Gasteiger partial charge in [-0.2, -0.15) is 0 Å². The normalized spacial score (nSPS) is 16.8. The standard InChI is InChI=1S/C27H22ClNO7/c1-35-17-11-12-20(28)19(13-17)24(30)22-23(18-5-3-4-6-21(18)36-2)29(26(32)25(22)31)14-15-7-9-16(10-8-15)27(33)34/h3-13,23,30H,14H2,1-2H3,(H,33,34)/b24-22+. The Morgan fingerprint density at radius 2 is 1.67 bits per heavy atom. The smallest absolute Gasteiger partial charge is 0.335 e. The fraction of sp³-hybridized carbons (Fsp3) is 0.148. The fourth-order valence-electron chi connectivity index (χ4n) is 4.17. The third-order valence-corrected chi connectivity index (χ3v) is 6.29. The molecular weight excluding hydrogens is 486 g/mol. The molecule has 0 spiro atoms. The Labute approximate surface area is 211 Å². The molecule has 0 aliphatic carbocycles. The Kier molecular flexibility index (Phi) is 6.98. The van der Waals surface area contributed by atoms with E-state index in [1.165, 1.54) is 43.4 Å². The predicted octanol–water partition coefficient (Wildman–Crippen LogP) is 4.68. The fourth-order valence-corrected chi connectivity index (χ4v) is 4.37. The number of likely N-dealkylation sites (tertiary alicyclic amines) is 1. The highest BCUT2D eigenvalue weighted by Crippen LogP contribution is 2.44. The van der Waals surface area contributed by atoms with E-state index in [0.29, 0.717) is 22.6 Å². The van der Waals surface area contributed by atoms with Gasteiger partial charge in [0.05, 0.1) is 36.4 Å². The van der Waals surface area contributed by atoms with E-state index < -0.39 is 29.5 Å². The lowest BCUT2D eigenvalue weighted by Gasteiger charge is -2.26. The number of hydrogen-bond acceptors (Lipinski definition) is 6. The van der Waals surface area contributed by atoms with Crippen LogP contribution >= 0.6 is 11.6 Å². The van der Waals surface area contributed by atoms with Crippen molar-refractivity contribution in [1.29, 1.82) is 0 Å². The third kappa shape index (κ3) is 4.50. The van der Waals surface area contributed by atoms with Crippen molar-refractivity contribution in [2.24, 2.45) is 0 Å². The van der Waals surface area contributed by atoms with Crippen molar-refractivity contribution in [3.05, 3.63) is 99.6 Å². The number of para-hydroxylation sites is 1. The van der Waals surface area contributed by atoms with E-state index in [4.69, 9.17) is 21.1 Å². The first kappa shape index (κ1) is 24.8. The summed E-state index contributed by atoms with van der Waals surface area (Å²) in [5.74, 6) is -2.41. The monoisotopic (exact) mass is 507 g/mol. The van der Waals surface area contributed by atoms with E-state index in [0.717, 1.165) is 0 Å². The van der Waals surface area contributed by atoms with Crippen LogP contribution in [0.3, 0.4) is 0 Å². The summed E-state index contributed by atoms with van der Waals surface area (Å²) in [6.45, 7) is -0.0180. The number of carbonyl (C=O) groups excluding carboxylic acids is 2. The van der Waals surface area contributed by atoms with Crippen LogP contribution in [0.4, 0.5) is 0 Å². The summed E-state index contributed by atoms with van der Waals surface area (Å²) in [6, 6.07) is 16.5. The zero-order valence-electron chi connectivity index (χ0n) is 19.4. The van der Waals surface area contributed by atoms with Crippen molar-refractivity contribution in [3.63, 3.8) is 0 Å². The summed E-state index contributed by atoms with van der Waals surface area (Å²) in [7, 11) is 2.92. The Hall–Kier alpha value is -4.30. The Morgan fingerprint density at radius 3 is 2.31 bits per heavy atom. The number of aliphatic hydroxyl groups excluding tert-OH is 1. The van der Waals surface area contributed by atoms with Gasteiger partial charge in [-0.1, -0.05) is 41.9 Å². The van der Waals surface area contributed by atoms with Gasteiger partial charge in [-0.25, -0.2) is 4.79 Å². The van der Waals surface area contributed by atoms with Crippen molar-refractivity contribution in [3.8, 4) is 11.5 Å². The zero-order valence-corrected chi connectivity index (χ0v) is 20.2. The molecule has 0 radical (unpaired) electrons. The van der Waals surface area contributed by atoms with Crippen molar-refractivity contribution in [2.45, 2.75) is 12.6 Å². The van der Waals surface area contributed by atoms with Crippen LogP contribution in [0.15, 0.2) is 72.3 Å². The summed E-state index contributed by atoms with van der Waals surface area (Å²) in [4.78, 5) is 39.1. The number of methoxy groups -OCH3 is 2. The number of aliphatic hydroxyl groups is 1. The third-order valence-electron chi connectivity index (χ3n) is 5.96. The van der Waals surface area contributed by atoms with Gasteiger partial charge in [0.25, 0.3) is 11.7 Å². The van der Waals surface area contributed by atoms with E-state index in [1.54, 1.807) is 42.5 Å². The summed E-state index contributed by atoms with van der Waals surface area (Å²) in [6.07, 6.45) is 0. The Morgan fingerprint density at radius 1 is 0.972 bits per heavy atom. The topological polar surface area (TPSA) is 113 Å². The summed E-state index contributed by atoms with van der Waals surface area (Å²) in [5, 5.41) is 20.7. The number of halogens is 1. The number of carbonyl (C=O) groups is 3. The highest BCUT2D eigenvalue weighted by molar-refractivity contribution is 6.47. The molecule has 2 N–H and O–H groups in total. The average Bonchev–Trinajstić information content (AvgIpc) is 3.13. The maximum atomic E-state index is 13.3. The molecule has 1 aliphatic rings. The summed E-state index contributed by atoms with van der Waals surface area (Å²) in [5.41, 5.74) is 1.17. The van der Waals surface area contributed by atoms with Gasteiger partial charge in [0.2, 0.25) is 0 Å². The predicted molar refractivity (Wildman–Crippen MR) is 132 cm³/mol. The van der Waals surface area contributed by atoms with Crippen molar-refractivity contribution >= 4 is 35.0 Å². The van der Waals surface area contributed by atoms with Crippen LogP contribution in [0.1, 0.15) is 33.1 Å². The molecule has 9 heteroatoms. The molecule has 1 fully saturated rings. The van der Waals surface area contributed by atoms with E-state index in [9.17, 15) is 24.6 Å². The van der Waals surface area contributed by atoms with E-state index >= 15 is 0 Å². The molecule has 1 heterocycles. The minimum atomic E-state index is -1.08. The highest BCUT2D eigenvalue weighted by Gasteiger charge is 2.47. The number of benzene rings is 3. The van der Waals surface area contributed by atoms with Crippen LogP contribution in [0.5, 0.6) is 11.5 Å². The minimum absolute atomic E-state index is 0.0180. The van der Waals surface area contributed by atoms with Gasteiger partial charge in [-0.05, 0) is 42.0 Å². The first-order valence-electron chi connectivity index (χ1n) is 10.8. The first-order chi connectivity index (χ1) is 17.3. The summed E-state index contributed by atoms with van der Waals surface area (Å²) < 4.78 is 10.7. The highest BCUT2D eigenvalue weighted by atomic mass is 35.5. The zero-order chi connectivity index (χ0) is 26.0. The van der Waals surface area contributed by atoms with Crippen molar-refractivity contribution < 1.29 is 34.1 Å². The van der Waals surface area contributed by atoms with Gasteiger partial charge < -0.3 is 24.6 Å². The second-order valence-corrected chi connectivity index (χ2v) is 8.42. The lowest BCUT2D eigenvalue weighted by atomic mass is 9.94. The molecule has 1 aliphatic heterocycles. The molecule has 0 aromatic heterocycles. The van der Waals surface area contributed by atoms with E-state index in [2.05, 4.69) is 0 Å². The maximum absolute atomic E-state index is 13.3. The van der Waals surface area contributed by atoms with Crippen LogP contribution in [0, 0.1) is 0 Å². The van der Waals surface area contributed by atoms with E-state index in [-0.39, 0.29) is 28.3 Å². The second-order valence-electron chi connectivity index (χ2n) is 8.02. The number of nitrogens with zero attached hydrogens (tertiary/aromatic N) is 1. The molecule has 1 amide bonds. The molecule has 8 nitrogen and oxygen atoms in total. The van der Waals surface area contributed by atoms with Crippen molar-refractivity contribution in [1.82, 2.24) is 4.90 Å². The second kappa shape index (κ2) is 10.1. The SMILES string of the molecule is COc1ccc(Cl)c(/C(O)=C2\C(=O)C(=O)N(Cc3ccc(C(=O)O)cc3)C2c2ccccc2OC)c1. The lowest BCUT2D eigenvalue weighted by molar-refractivity contribution is -0.140. The van der Waals surface area contributed by atoms with Gasteiger partial charge in [-0.3, -0.25) is 9.59 Å². The molecule has 1 atom stereocenters. The number of carboxylic acid groups (broad SMARTS) is 1. The number of Topliss-reactive ketones (excluding diaryl/α,β-unsaturated/α-hetero) is 1. The molecule has 0 bridgehead atoms. The molecule has 1 saturated heterocycles. The number of amides is 1. The van der Waals surface area contributed by atoms with Gasteiger partial charge in [-0.15, -0.1) is 0 Å². The molecule has 3 aromatic carbocycles. The summed E-state index contributed by atoms with van der Waals surface area (Å²) >= 11 is 6.34. The van der Waals surface area contributed by atoms with Crippen molar-refractivity contribution in [2.75, 3.05) is 14.2 Å². The molecule has 3 aromatic rings. The number of hydrogen-bond donors (Lipinski definition) is 2. The van der Waals surface area contributed by atoms with Gasteiger partial charge >= 0.3 is 5.97 Å². The largest absolute Gasteiger partial charge is 0.507 e. The molecule has 4 rings (SSSR count). The molecule has 0 saturated carbocycles. The minimum Gasteiger partial charge on any atom is -0.507 e. The number of carboxylic acids is 1. The number of aromatic carboxylic acids is 1. The lowest BCUT2D eigenvalue weighted by Crippen LogP contribution is -2.29. The maximum Gasteiger partial charge on any atom is 0.335 e. The van der Waals surface area contributed by atoms with Gasteiger partial charge in [0.1, 0.15) is 17.3 Å². The van der Waals surface area contributed by atoms with Gasteiger partial charge in [0, 0.05) is 17.7 Å². The van der Waals surface area contributed by atoms with Crippen LogP contribution in [0.25, 0.3) is 5.76 Å². The van der Waals surface area contributed by atoms with Crippen LogP contribution in [0.2, 0.25) is 5.02 Å². The van der Waals surface area contributed by atoms with Crippen LogP contribution < -0.4 is 9.47 Å². The Balaban J connectivity index is 1.89. The molecular formula is C27H22ClNO7. The quantitative estimate of drug-likeness (QED) is 0.271. The number of rotatable bonds is 7. The molecule has 1 unspecified atom stereocenters. The average molecular weight is 508 g/mol. The number of ketones is 1. The first-order valence-corrected chi connectivity index (χ1v) is 11.2. The Bertz CT molecular complexity index is 1380. The molecule has 184 valence electrons. The molecule has 36 heavy (non-hydrogen) atoms. The van der Waals surface area contributed by atoms with Crippen LogP contribution in [-0.4, -0.2) is 47.0 Å².